The van der Waals surface area contributed by atoms with Gasteiger partial charge >= 0.3 is 0 Å². The van der Waals surface area contributed by atoms with E-state index in [9.17, 15) is 13.2 Å². The van der Waals surface area contributed by atoms with Gasteiger partial charge in [-0.15, -0.1) is 0 Å². The maximum atomic E-state index is 13.0. The van der Waals surface area contributed by atoms with Crippen molar-refractivity contribution >= 4 is 27.3 Å². The Hall–Kier alpha value is -2.87. The summed E-state index contributed by atoms with van der Waals surface area (Å²) in [5.74, 6) is -0.182. The number of piperidine rings is 1. The van der Waals surface area contributed by atoms with Gasteiger partial charge in [0.05, 0.1) is 5.25 Å². The van der Waals surface area contributed by atoms with Crippen LogP contribution in [0.1, 0.15) is 23.3 Å². The standard InChI is InChI=1S/C19H20N4O3S/c24-19(17-9-4-10-18-20-11-13-23(17)18)22-12-5-8-16(14-22)27(25,26)21-15-6-2-1-3-7-15/h1-4,6-7,9-11,13,16,21H,5,8,12,14H2/t16-/m0/s1. The third-order valence-electron chi connectivity index (χ3n) is 4.79. The molecule has 3 aromatic rings. The Morgan fingerprint density at radius 1 is 1.11 bits per heavy atom. The van der Waals surface area contributed by atoms with E-state index in [2.05, 4.69) is 9.71 Å². The number of carbonyl (C=O) groups excluding carboxylic acids is 1. The number of nitrogens with zero attached hydrogens (tertiary/aromatic N) is 3. The normalized spacial score (nSPS) is 17.8. The Labute approximate surface area is 157 Å². The monoisotopic (exact) mass is 384 g/mol. The van der Waals surface area contributed by atoms with Crippen molar-refractivity contribution < 1.29 is 13.2 Å². The molecule has 7 nitrogen and oxygen atoms in total. The van der Waals surface area contributed by atoms with Crippen molar-refractivity contribution in [3.63, 3.8) is 0 Å². The fourth-order valence-corrected chi connectivity index (χ4v) is 4.90. The number of amides is 1. The van der Waals surface area contributed by atoms with Crippen LogP contribution < -0.4 is 4.72 Å². The Bertz CT molecular complexity index is 1060. The van der Waals surface area contributed by atoms with Crippen LogP contribution in [0.15, 0.2) is 60.9 Å². The van der Waals surface area contributed by atoms with E-state index in [1.165, 1.54) is 0 Å². The molecule has 1 aromatic carbocycles. The molecule has 3 heterocycles. The molecule has 1 aliphatic heterocycles. The number of carbonyl (C=O) groups is 1. The zero-order valence-electron chi connectivity index (χ0n) is 14.7. The summed E-state index contributed by atoms with van der Waals surface area (Å²) >= 11 is 0. The van der Waals surface area contributed by atoms with Crippen molar-refractivity contribution in [1.29, 1.82) is 0 Å². The van der Waals surface area contributed by atoms with Crippen molar-refractivity contribution in [3.05, 3.63) is 66.6 Å². The van der Waals surface area contributed by atoms with Crippen LogP contribution in [0.3, 0.4) is 0 Å². The van der Waals surface area contributed by atoms with Crippen LogP contribution in [0.5, 0.6) is 0 Å². The first-order valence-electron chi connectivity index (χ1n) is 8.83. The number of aromatic nitrogens is 2. The topological polar surface area (TPSA) is 83.8 Å². The zero-order chi connectivity index (χ0) is 18.9. The van der Waals surface area contributed by atoms with Crippen molar-refractivity contribution in [1.82, 2.24) is 14.3 Å². The van der Waals surface area contributed by atoms with Gasteiger partial charge < -0.3 is 4.90 Å². The molecule has 0 unspecified atom stereocenters. The minimum absolute atomic E-state index is 0.173. The SMILES string of the molecule is O=C(c1cccc2nccn12)N1CCC[C@H](S(=O)(=O)Nc2ccccc2)C1. The minimum Gasteiger partial charge on any atom is -0.336 e. The number of nitrogens with one attached hydrogen (secondary N) is 1. The van der Waals surface area contributed by atoms with Gasteiger partial charge in [0.2, 0.25) is 10.0 Å². The van der Waals surface area contributed by atoms with Gasteiger partial charge in [-0.1, -0.05) is 24.3 Å². The molecule has 1 saturated heterocycles. The largest absolute Gasteiger partial charge is 0.336 e. The Balaban J connectivity index is 1.54. The van der Waals surface area contributed by atoms with E-state index in [-0.39, 0.29) is 12.5 Å². The molecule has 2 aromatic heterocycles. The highest BCUT2D eigenvalue weighted by atomic mass is 32.2. The summed E-state index contributed by atoms with van der Waals surface area (Å²) in [6, 6.07) is 14.1. The summed E-state index contributed by atoms with van der Waals surface area (Å²) < 4.78 is 29.9. The Morgan fingerprint density at radius 3 is 2.74 bits per heavy atom. The number of likely N-dealkylation sites (tertiary alicyclic amines) is 1. The molecular formula is C19H20N4O3S. The van der Waals surface area contributed by atoms with E-state index in [4.69, 9.17) is 0 Å². The van der Waals surface area contributed by atoms with Gasteiger partial charge in [-0.3, -0.25) is 13.9 Å². The number of anilines is 1. The lowest BCUT2D eigenvalue weighted by atomic mass is 10.1. The second-order valence-electron chi connectivity index (χ2n) is 6.59. The minimum atomic E-state index is -3.58. The van der Waals surface area contributed by atoms with Gasteiger partial charge in [-0.2, -0.15) is 0 Å². The third kappa shape index (κ3) is 3.52. The number of fused-ring (bicyclic) bond motifs is 1. The summed E-state index contributed by atoms with van der Waals surface area (Å²) in [5.41, 5.74) is 1.70. The fourth-order valence-electron chi connectivity index (χ4n) is 3.41. The molecule has 0 spiro atoms. The lowest BCUT2D eigenvalue weighted by Crippen LogP contribution is -2.47. The Kier molecular flexibility index (Phi) is 4.57. The third-order valence-corrected chi connectivity index (χ3v) is 6.57. The van der Waals surface area contributed by atoms with Crippen LogP contribution in [0.2, 0.25) is 0 Å². The van der Waals surface area contributed by atoms with Crippen molar-refractivity contribution in [2.24, 2.45) is 0 Å². The summed E-state index contributed by atoms with van der Waals surface area (Å²) in [6.07, 6.45) is 4.55. The van der Waals surface area contributed by atoms with Gasteiger partial charge in [0.1, 0.15) is 11.3 Å². The number of hydrogen-bond acceptors (Lipinski definition) is 4. The number of pyridine rings is 1. The quantitative estimate of drug-likeness (QED) is 0.749. The fraction of sp³-hybridized carbons (Fsp3) is 0.263. The molecule has 0 bridgehead atoms. The lowest BCUT2D eigenvalue weighted by Gasteiger charge is -2.32. The molecule has 27 heavy (non-hydrogen) atoms. The van der Waals surface area contributed by atoms with Gasteiger partial charge in [0, 0.05) is 31.2 Å². The van der Waals surface area contributed by atoms with Crippen molar-refractivity contribution in [2.45, 2.75) is 18.1 Å². The van der Waals surface area contributed by atoms with Gasteiger partial charge in [0.25, 0.3) is 5.91 Å². The highest BCUT2D eigenvalue weighted by molar-refractivity contribution is 7.93. The first-order valence-corrected chi connectivity index (χ1v) is 10.4. The van der Waals surface area contributed by atoms with E-state index in [1.54, 1.807) is 58.1 Å². The molecule has 4 rings (SSSR count). The summed E-state index contributed by atoms with van der Waals surface area (Å²) in [7, 11) is -3.58. The van der Waals surface area contributed by atoms with Gasteiger partial charge in [0.15, 0.2) is 0 Å². The molecule has 0 saturated carbocycles. The number of hydrogen-bond donors (Lipinski definition) is 1. The molecule has 1 atom stereocenters. The van der Waals surface area contributed by atoms with E-state index >= 15 is 0 Å². The molecule has 0 radical (unpaired) electrons. The average molecular weight is 384 g/mol. The van der Waals surface area contributed by atoms with Crippen LogP contribution >= 0.6 is 0 Å². The maximum absolute atomic E-state index is 13.0. The van der Waals surface area contributed by atoms with Crippen LogP contribution in [0.25, 0.3) is 5.65 Å². The van der Waals surface area contributed by atoms with E-state index in [0.717, 1.165) is 0 Å². The average Bonchev–Trinajstić information content (AvgIpc) is 3.17. The Morgan fingerprint density at radius 2 is 1.93 bits per heavy atom. The smallest absolute Gasteiger partial charge is 0.270 e. The number of sulfonamides is 1. The van der Waals surface area contributed by atoms with E-state index < -0.39 is 15.3 Å². The first kappa shape index (κ1) is 17.5. The molecule has 1 N–H and O–H groups in total. The summed E-state index contributed by atoms with van der Waals surface area (Å²) in [5, 5.41) is -0.641. The first-order chi connectivity index (χ1) is 13.0. The van der Waals surface area contributed by atoms with Crippen molar-refractivity contribution in [2.75, 3.05) is 17.8 Å². The molecule has 0 aliphatic carbocycles. The molecule has 8 heteroatoms. The highest BCUT2D eigenvalue weighted by Crippen LogP contribution is 2.21. The molecule has 140 valence electrons. The van der Waals surface area contributed by atoms with Crippen LogP contribution in [-0.4, -0.2) is 46.9 Å². The van der Waals surface area contributed by atoms with Crippen LogP contribution in [0.4, 0.5) is 5.69 Å². The second-order valence-corrected chi connectivity index (χ2v) is 8.56. The zero-order valence-corrected chi connectivity index (χ0v) is 15.5. The highest BCUT2D eigenvalue weighted by Gasteiger charge is 2.33. The van der Waals surface area contributed by atoms with Crippen LogP contribution in [0, 0.1) is 0 Å². The summed E-state index contributed by atoms with van der Waals surface area (Å²) in [6.45, 7) is 0.716. The predicted octanol–water partition coefficient (Wildman–Crippen LogP) is 2.38. The van der Waals surface area contributed by atoms with E-state index in [0.29, 0.717) is 36.4 Å². The molecule has 1 aliphatic rings. The molecule has 1 amide bonds. The maximum Gasteiger partial charge on any atom is 0.270 e. The van der Waals surface area contributed by atoms with E-state index in [1.807, 2.05) is 12.1 Å². The van der Waals surface area contributed by atoms with Gasteiger partial charge in [-0.25, -0.2) is 13.4 Å². The predicted molar refractivity (Wildman–Crippen MR) is 103 cm³/mol. The van der Waals surface area contributed by atoms with Crippen LogP contribution in [-0.2, 0) is 10.0 Å². The van der Waals surface area contributed by atoms with Crippen molar-refractivity contribution in [3.8, 4) is 0 Å². The number of imidazole rings is 1. The second kappa shape index (κ2) is 7.03. The van der Waals surface area contributed by atoms with Gasteiger partial charge in [-0.05, 0) is 37.1 Å². The summed E-state index contributed by atoms with van der Waals surface area (Å²) in [4.78, 5) is 18.8. The number of benzene rings is 1. The molecular weight excluding hydrogens is 364 g/mol. The lowest BCUT2D eigenvalue weighted by molar-refractivity contribution is 0.0719. The number of rotatable bonds is 4. The number of para-hydroxylation sites is 1. The molecule has 1 fully saturated rings.